The van der Waals surface area contributed by atoms with Crippen LogP contribution in [0.1, 0.15) is 11.1 Å². The highest BCUT2D eigenvalue weighted by molar-refractivity contribution is 5.85. The number of methoxy groups -OCH3 is 2. The van der Waals surface area contributed by atoms with Crippen molar-refractivity contribution >= 4 is 24.8 Å². The summed E-state index contributed by atoms with van der Waals surface area (Å²) in [7, 11) is 3.36. The molecule has 6 heteroatoms. The number of halogens is 2. The molecule has 2 aromatic rings. The fourth-order valence-corrected chi connectivity index (χ4v) is 3.34. The van der Waals surface area contributed by atoms with Gasteiger partial charge in [-0.1, -0.05) is 36.4 Å². The van der Waals surface area contributed by atoms with Crippen LogP contribution in [-0.2, 0) is 13.0 Å². The molecule has 0 saturated carbocycles. The van der Waals surface area contributed by atoms with Gasteiger partial charge in [0.05, 0.1) is 14.2 Å². The highest BCUT2D eigenvalue weighted by atomic mass is 35.5. The normalized spacial score (nSPS) is 14.7. The zero-order chi connectivity index (χ0) is 17.5. The van der Waals surface area contributed by atoms with Crippen LogP contribution in [0.15, 0.2) is 48.5 Å². The van der Waals surface area contributed by atoms with Crippen molar-refractivity contribution in [2.45, 2.75) is 13.0 Å². The van der Waals surface area contributed by atoms with E-state index in [9.17, 15) is 0 Å². The Balaban J connectivity index is 0.00000182. The Morgan fingerprint density at radius 2 is 1.37 bits per heavy atom. The van der Waals surface area contributed by atoms with Crippen LogP contribution in [-0.4, -0.2) is 56.7 Å². The van der Waals surface area contributed by atoms with Crippen LogP contribution in [0.5, 0.6) is 11.5 Å². The molecule has 0 N–H and O–H groups in total. The van der Waals surface area contributed by atoms with E-state index >= 15 is 0 Å². The number of rotatable bonds is 7. The monoisotopic (exact) mass is 412 g/mol. The number of hydrogen-bond acceptors (Lipinski definition) is 4. The molecule has 3 rings (SSSR count). The molecule has 0 radical (unpaired) electrons. The summed E-state index contributed by atoms with van der Waals surface area (Å²) in [5.41, 5.74) is 2.70. The molecule has 150 valence electrons. The predicted octanol–water partition coefficient (Wildman–Crippen LogP) is 3.91. The lowest BCUT2D eigenvalue weighted by Gasteiger charge is -2.34. The highest BCUT2D eigenvalue weighted by Gasteiger charge is 2.16. The van der Waals surface area contributed by atoms with Gasteiger partial charge in [0.2, 0.25) is 0 Å². The number of benzene rings is 2. The second-order valence-corrected chi connectivity index (χ2v) is 6.54. The van der Waals surface area contributed by atoms with Gasteiger partial charge in [-0.05, 0) is 29.7 Å². The molecule has 1 heterocycles. The summed E-state index contributed by atoms with van der Waals surface area (Å²) in [5.74, 6) is 1.61. The predicted molar refractivity (Wildman–Crippen MR) is 116 cm³/mol. The van der Waals surface area contributed by atoms with E-state index in [1.54, 1.807) is 14.2 Å². The topological polar surface area (TPSA) is 24.9 Å². The lowest BCUT2D eigenvalue weighted by atomic mass is 10.1. The standard InChI is InChI=1S/C21H28N2O2.2ClH/c1-24-20-9-8-18(16-21(20)25-2)10-11-22-12-14-23(15-13-22)17-19-6-4-3-5-7-19;;/h3-9,16H,10-15,17H2,1-2H3;2*1H. The molecule has 4 nitrogen and oxygen atoms in total. The van der Waals surface area contributed by atoms with Crippen LogP contribution >= 0.6 is 24.8 Å². The third kappa shape index (κ3) is 6.89. The molecule has 1 aliphatic rings. The molecule has 0 aliphatic carbocycles. The fraction of sp³-hybridized carbons (Fsp3) is 0.429. The Morgan fingerprint density at radius 1 is 0.741 bits per heavy atom. The maximum atomic E-state index is 5.39. The lowest BCUT2D eigenvalue weighted by molar-refractivity contribution is 0.128. The van der Waals surface area contributed by atoms with Crippen LogP contribution in [0.3, 0.4) is 0 Å². The van der Waals surface area contributed by atoms with Gasteiger partial charge in [0.15, 0.2) is 11.5 Å². The van der Waals surface area contributed by atoms with Crippen molar-refractivity contribution in [2.24, 2.45) is 0 Å². The van der Waals surface area contributed by atoms with Crippen LogP contribution in [0, 0.1) is 0 Å². The molecule has 2 aromatic carbocycles. The molecule has 0 amide bonds. The van der Waals surface area contributed by atoms with Gasteiger partial charge in [-0.3, -0.25) is 4.90 Å². The summed E-state index contributed by atoms with van der Waals surface area (Å²) in [5, 5.41) is 0. The molecule has 0 aromatic heterocycles. The van der Waals surface area contributed by atoms with E-state index in [4.69, 9.17) is 9.47 Å². The van der Waals surface area contributed by atoms with Crippen LogP contribution < -0.4 is 9.47 Å². The Bertz CT molecular complexity index is 662. The molecule has 0 spiro atoms. The van der Waals surface area contributed by atoms with Gasteiger partial charge in [0, 0.05) is 39.3 Å². The van der Waals surface area contributed by atoms with Crippen molar-refractivity contribution < 1.29 is 9.47 Å². The van der Waals surface area contributed by atoms with Crippen molar-refractivity contribution in [1.82, 2.24) is 9.80 Å². The number of nitrogens with zero attached hydrogens (tertiary/aromatic N) is 2. The molecular formula is C21H30Cl2N2O2. The van der Waals surface area contributed by atoms with Crippen molar-refractivity contribution in [3.8, 4) is 11.5 Å². The molecule has 0 atom stereocenters. The average molecular weight is 413 g/mol. The zero-order valence-electron chi connectivity index (χ0n) is 16.1. The SMILES string of the molecule is COc1ccc(CCN2CCN(Cc3ccccc3)CC2)cc1OC.Cl.Cl. The molecule has 1 aliphatic heterocycles. The molecule has 0 bridgehead atoms. The quantitative estimate of drug-likeness (QED) is 0.687. The van der Waals surface area contributed by atoms with Crippen LogP contribution in [0.2, 0.25) is 0 Å². The fourth-order valence-electron chi connectivity index (χ4n) is 3.34. The van der Waals surface area contributed by atoms with Crippen molar-refractivity contribution in [2.75, 3.05) is 46.9 Å². The first-order valence-corrected chi connectivity index (χ1v) is 8.98. The lowest BCUT2D eigenvalue weighted by Crippen LogP contribution is -2.46. The van der Waals surface area contributed by atoms with Gasteiger partial charge in [-0.2, -0.15) is 0 Å². The van der Waals surface area contributed by atoms with E-state index in [2.05, 4.69) is 52.3 Å². The Labute approximate surface area is 175 Å². The summed E-state index contributed by atoms with van der Waals surface area (Å²) < 4.78 is 10.7. The van der Waals surface area contributed by atoms with Crippen LogP contribution in [0.4, 0.5) is 0 Å². The van der Waals surface area contributed by atoms with Crippen molar-refractivity contribution in [3.05, 3.63) is 59.7 Å². The van der Waals surface area contributed by atoms with Crippen molar-refractivity contribution in [3.63, 3.8) is 0 Å². The van der Waals surface area contributed by atoms with E-state index in [1.165, 1.54) is 11.1 Å². The summed E-state index contributed by atoms with van der Waals surface area (Å²) in [6.45, 7) is 6.71. The minimum absolute atomic E-state index is 0. The number of ether oxygens (including phenoxy) is 2. The van der Waals surface area contributed by atoms with Gasteiger partial charge < -0.3 is 14.4 Å². The van der Waals surface area contributed by atoms with Gasteiger partial charge >= 0.3 is 0 Å². The van der Waals surface area contributed by atoms with Crippen LogP contribution in [0.25, 0.3) is 0 Å². The number of hydrogen-bond donors (Lipinski definition) is 0. The Kier molecular flexibility index (Phi) is 10.6. The van der Waals surface area contributed by atoms with Gasteiger partial charge in [-0.15, -0.1) is 24.8 Å². The summed E-state index contributed by atoms with van der Waals surface area (Å²) in [6, 6.07) is 17.0. The third-order valence-electron chi connectivity index (χ3n) is 4.88. The first-order valence-electron chi connectivity index (χ1n) is 8.98. The van der Waals surface area contributed by atoms with E-state index in [0.717, 1.165) is 57.2 Å². The van der Waals surface area contributed by atoms with Gasteiger partial charge in [0.1, 0.15) is 0 Å². The second-order valence-electron chi connectivity index (χ2n) is 6.54. The molecule has 1 fully saturated rings. The van der Waals surface area contributed by atoms with Crippen molar-refractivity contribution in [1.29, 1.82) is 0 Å². The van der Waals surface area contributed by atoms with E-state index in [-0.39, 0.29) is 24.8 Å². The summed E-state index contributed by atoms with van der Waals surface area (Å²) in [4.78, 5) is 5.10. The maximum Gasteiger partial charge on any atom is 0.160 e. The van der Waals surface area contributed by atoms with E-state index in [1.807, 2.05) is 6.07 Å². The molecular weight excluding hydrogens is 383 g/mol. The highest BCUT2D eigenvalue weighted by Crippen LogP contribution is 2.27. The van der Waals surface area contributed by atoms with Gasteiger partial charge in [-0.25, -0.2) is 0 Å². The Morgan fingerprint density at radius 3 is 2.00 bits per heavy atom. The minimum atomic E-state index is 0. The first-order chi connectivity index (χ1) is 12.3. The molecule has 27 heavy (non-hydrogen) atoms. The maximum absolute atomic E-state index is 5.39. The Hall–Kier alpha value is -1.46. The first kappa shape index (κ1) is 23.6. The van der Waals surface area contributed by atoms with E-state index < -0.39 is 0 Å². The largest absolute Gasteiger partial charge is 0.493 e. The number of piperazine rings is 1. The second kappa shape index (κ2) is 12.1. The summed E-state index contributed by atoms with van der Waals surface area (Å²) in [6.07, 6.45) is 1.04. The summed E-state index contributed by atoms with van der Waals surface area (Å²) >= 11 is 0. The third-order valence-corrected chi connectivity index (χ3v) is 4.88. The molecule has 0 unspecified atom stereocenters. The van der Waals surface area contributed by atoms with E-state index in [0.29, 0.717) is 0 Å². The molecule has 1 saturated heterocycles. The smallest absolute Gasteiger partial charge is 0.160 e. The zero-order valence-corrected chi connectivity index (χ0v) is 17.7. The van der Waals surface area contributed by atoms with Gasteiger partial charge in [0.25, 0.3) is 0 Å². The average Bonchev–Trinajstić information content (AvgIpc) is 2.68. The minimum Gasteiger partial charge on any atom is -0.493 e.